The minimum atomic E-state index is 1.08. The zero-order valence-corrected chi connectivity index (χ0v) is 8.07. The van der Waals surface area contributed by atoms with Crippen molar-refractivity contribution in [2.45, 2.75) is 6.92 Å². The summed E-state index contributed by atoms with van der Waals surface area (Å²) in [5, 5.41) is 0. The summed E-state index contributed by atoms with van der Waals surface area (Å²) >= 11 is 0. The SMILES string of the molecule is C=CN(C=NC)c1cccc(C)c1. The number of hydrogen-bond acceptors (Lipinski definition) is 1. The lowest BCUT2D eigenvalue weighted by atomic mass is 10.2. The van der Waals surface area contributed by atoms with Crippen molar-refractivity contribution >= 4 is 12.0 Å². The third kappa shape index (κ3) is 2.44. The Kier molecular flexibility index (Phi) is 3.26. The van der Waals surface area contributed by atoms with E-state index in [1.54, 1.807) is 19.6 Å². The second kappa shape index (κ2) is 4.45. The fourth-order valence-corrected chi connectivity index (χ4v) is 1.13. The van der Waals surface area contributed by atoms with Gasteiger partial charge in [-0.2, -0.15) is 0 Å². The van der Waals surface area contributed by atoms with Gasteiger partial charge in [0.15, 0.2) is 0 Å². The average Bonchev–Trinajstić information content (AvgIpc) is 2.14. The van der Waals surface area contributed by atoms with Gasteiger partial charge in [0.2, 0.25) is 0 Å². The van der Waals surface area contributed by atoms with Crippen LogP contribution in [0.2, 0.25) is 0 Å². The molecule has 1 aromatic rings. The molecular weight excluding hydrogens is 160 g/mol. The lowest BCUT2D eigenvalue weighted by molar-refractivity contribution is 1.32. The van der Waals surface area contributed by atoms with Gasteiger partial charge in [0, 0.05) is 18.9 Å². The van der Waals surface area contributed by atoms with Gasteiger partial charge in [-0.25, -0.2) is 0 Å². The first kappa shape index (κ1) is 9.52. The van der Waals surface area contributed by atoms with Crippen molar-refractivity contribution < 1.29 is 0 Å². The van der Waals surface area contributed by atoms with Crippen LogP contribution in [0.3, 0.4) is 0 Å². The lowest BCUT2D eigenvalue weighted by Gasteiger charge is -2.13. The molecule has 0 N–H and O–H groups in total. The summed E-state index contributed by atoms with van der Waals surface area (Å²) in [4.78, 5) is 5.82. The quantitative estimate of drug-likeness (QED) is 0.508. The molecule has 0 aliphatic carbocycles. The van der Waals surface area contributed by atoms with Gasteiger partial charge in [0.1, 0.15) is 0 Å². The highest BCUT2D eigenvalue weighted by molar-refractivity contribution is 5.81. The van der Waals surface area contributed by atoms with Crippen LogP contribution in [0.25, 0.3) is 0 Å². The average molecular weight is 174 g/mol. The van der Waals surface area contributed by atoms with Crippen LogP contribution in [-0.2, 0) is 0 Å². The largest absolute Gasteiger partial charge is 0.309 e. The van der Waals surface area contributed by atoms with Gasteiger partial charge >= 0.3 is 0 Å². The Morgan fingerprint density at radius 3 is 2.77 bits per heavy atom. The molecule has 68 valence electrons. The van der Waals surface area contributed by atoms with Crippen molar-refractivity contribution in [3.63, 3.8) is 0 Å². The number of hydrogen-bond donors (Lipinski definition) is 0. The van der Waals surface area contributed by atoms with E-state index in [0.29, 0.717) is 0 Å². The molecule has 0 aliphatic heterocycles. The maximum atomic E-state index is 3.94. The van der Waals surface area contributed by atoms with Crippen LogP contribution in [0.1, 0.15) is 5.56 Å². The van der Waals surface area contributed by atoms with Crippen molar-refractivity contribution in [3.8, 4) is 0 Å². The Morgan fingerprint density at radius 1 is 1.46 bits per heavy atom. The van der Waals surface area contributed by atoms with Crippen LogP contribution < -0.4 is 4.90 Å². The molecule has 0 atom stereocenters. The van der Waals surface area contributed by atoms with E-state index in [1.807, 2.05) is 17.0 Å². The van der Waals surface area contributed by atoms with Crippen LogP contribution >= 0.6 is 0 Å². The zero-order valence-electron chi connectivity index (χ0n) is 8.07. The molecule has 2 nitrogen and oxygen atoms in total. The minimum Gasteiger partial charge on any atom is -0.309 e. The van der Waals surface area contributed by atoms with E-state index in [-0.39, 0.29) is 0 Å². The summed E-state index contributed by atoms with van der Waals surface area (Å²) in [5.74, 6) is 0. The summed E-state index contributed by atoms with van der Waals surface area (Å²) in [5.41, 5.74) is 2.31. The van der Waals surface area contributed by atoms with Crippen molar-refractivity contribution in [3.05, 3.63) is 42.6 Å². The van der Waals surface area contributed by atoms with Crippen LogP contribution in [0, 0.1) is 6.92 Å². The van der Waals surface area contributed by atoms with Gasteiger partial charge in [0.05, 0.1) is 6.34 Å². The Bertz CT molecular complexity index is 316. The molecule has 0 fully saturated rings. The number of rotatable bonds is 3. The molecule has 0 saturated heterocycles. The third-order valence-corrected chi connectivity index (χ3v) is 1.74. The standard InChI is InChI=1S/C11H14N2/c1-4-13(9-12-3)11-7-5-6-10(2)8-11/h4-9H,1H2,2-3H3. The number of nitrogens with zero attached hydrogens (tertiary/aromatic N) is 2. The Morgan fingerprint density at radius 2 is 2.23 bits per heavy atom. The summed E-state index contributed by atoms with van der Waals surface area (Å²) in [6.45, 7) is 5.78. The molecule has 0 saturated carbocycles. The first-order valence-electron chi connectivity index (χ1n) is 4.18. The van der Waals surface area contributed by atoms with E-state index < -0.39 is 0 Å². The number of benzene rings is 1. The minimum absolute atomic E-state index is 1.08. The first-order valence-corrected chi connectivity index (χ1v) is 4.18. The maximum Gasteiger partial charge on any atom is 0.0931 e. The Hall–Kier alpha value is -1.57. The molecule has 2 heteroatoms. The molecule has 0 spiro atoms. The van der Waals surface area contributed by atoms with Crippen LogP contribution in [0.5, 0.6) is 0 Å². The second-order valence-electron chi connectivity index (χ2n) is 2.80. The summed E-state index contributed by atoms with van der Waals surface area (Å²) in [6.07, 6.45) is 3.48. The fraction of sp³-hybridized carbons (Fsp3) is 0.182. The fourth-order valence-electron chi connectivity index (χ4n) is 1.13. The molecule has 0 aromatic heterocycles. The molecule has 0 heterocycles. The topological polar surface area (TPSA) is 15.6 Å². The van der Waals surface area contributed by atoms with Crippen molar-refractivity contribution in [2.75, 3.05) is 11.9 Å². The highest BCUT2D eigenvalue weighted by Gasteiger charge is 1.97. The van der Waals surface area contributed by atoms with E-state index in [2.05, 4.69) is 30.6 Å². The van der Waals surface area contributed by atoms with Gasteiger partial charge in [0.25, 0.3) is 0 Å². The van der Waals surface area contributed by atoms with Gasteiger partial charge in [-0.15, -0.1) is 0 Å². The first-order chi connectivity index (χ1) is 6.27. The van der Waals surface area contributed by atoms with E-state index in [1.165, 1.54) is 5.56 Å². The molecule has 1 aromatic carbocycles. The summed E-state index contributed by atoms with van der Waals surface area (Å²) in [7, 11) is 1.74. The predicted octanol–water partition coefficient (Wildman–Crippen LogP) is 2.60. The molecule has 0 unspecified atom stereocenters. The highest BCUT2D eigenvalue weighted by atomic mass is 15.1. The van der Waals surface area contributed by atoms with E-state index in [0.717, 1.165) is 5.69 Å². The Balaban J connectivity index is 2.97. The summed E-state index contributed by atoms with van der Waals surface area (Å²) in [6, 6.07) is 8.19. The smallest absolute Gasteiger partial charge is 0.0931 e. The van der Waals surface area contributed by atoms with E-state index in [9.17, 15) is 0 Å². The lowest BCUT2D eigenvalue weighted by Crippen LogP contribution is -2.12. The van der Waals surface area contributed by atoms with Gasteiger partial charge in [-0.1, -0.05) is 18.7 Å². The molecule has 13 heavy (non-hydrogen) atoms. The van der Waals surface area contributed by atoms with Gasteiger partial charge in [-0.3, -0.25) is 4.99 Å². The molecular formula is C11H14N2. The normalized spacial score (nSPS) is 10.3. The molecule has 0 bridgehead atoms. The van der Waals surface area contributed by atoms with Crippen molar-refractivity contribution in [2.24, 2.45) is 4.99 Å². The molecule has 0 amide bonds. The Labute approximate surface area is 79.2 Å². The third-order valence-electron chi connectivity index (χ3n) is 1.74. The number of aryl methyl sites for hydroxylation is 1. The van der Waals surface area contributed by atoms with Gasteiger partial charge < -0.3 is 4.90 Å². The van der Waals surface area contributed by atoms with Crippen LogP contribution in [0.4, 0.5) is 5.69 Å². The maximum absolute atomic E-state index is 3.94. The molecule has 0 aliphatic rings. The van der Waals surface area contributed by atoms with Crippen LogP contribution in [-0.4, -0.2) is 13.4 Å². The summed E-state index contributed by atoms with van der Waals surface area (Å²) < 4.78 is 0. The second-order valence-corrected chi connectivity index (χ2v) is 2.80. The predicted molar refractivity (Wildman–Crippen MR) is 58.3 cm³/mol. The molecule has 1 rings (SSSR count). The zero-order chi connectivity index (χ0) is 9.68. The van der Waals surface area contributed by atoms with Crippen LogP contribution in [0.15, 0.2) is 42.0 Å². The monoisotopic (exact) mass is 174 g/mol. The van der Waals surface area contributed by atoms with E-state index >= 15 is 0 Å². The molecule has 0 radical (unpaired) electrons. The number of anilines is 1. The van der Waals surface area contributed by atoms with Gasteiger partial charge in [-0.05, 0) is 24.6 Å². The highest BCUT2D eigenvalue weighted by Crippen LogP contribution is 2.14. The van der Waals surface area contributed by atoms with E-state index in [4.69, 9.17) is 0 Å². The van der Waals surface area contributed by atoms with Crippen molar-refractivity contribution in [1.82, 2.24) is 0 Å². The number of aliphatic imine (C=N–C) groups is 1. The van der Waals surface area contributed by atoms with Crippen molar-refractivity contribution in [1.29, 1.82) is 0 Å².